The maximum Gasteiger partial charge on any atom is 0.319 e. The first kappa shape index (κ1) is 11.6. The third kappa shape index (κ3) is 2.81. The number of urea groups is 1. The van der Waals surface area contributed by atoms with Gasteiger partial charge in [0.1, 0.15) is 0 Å². The summed E-state index contributed by atoms with van der Waals surface area (Å²) in [5.41, 5.74) is 0.276. The summed E-state index contributed by atoms with van der Waals surface area (Å²) in [5, 5.41) is 5.18. The molecule has 86 valence electrons. The minimum atomic E-state index is -0.970. The van der Waals surface area contributed by atoms with E-state index in [1.165, 1.54) is 0 Å². The van der Waals surface area contributed by atoms with Crippen LogP contribution in [0.15, 0.2) is 12.1 Å². The lowest BCUT2D eigenvalue weighted by Gasteiger charge is -2.08. The van der Waals surface area contributed by atoms with Gasteiger partial charge in [0.25, 0.3) is 0 Å². The number of benzene rings is 1. The monoisotopic (exact) mass is 338 g/mol. The molecule has 1 aliphatic rings. The molecule has 2 N–H and O–H groups in total. The quantitative estimate of drug-likeness (QED) is 0.632. The third-order valence-corrected chi connectivity index (χ3v) is 3.06. The molecule has 1 aliphatic carbocycles. The number of carbonyl (C=O) groups excluding carboxylic acids is 1. The van der Waals surface area contributed by atoms with Crippen LogP contribution < -0.4 is 10.6 Å². The van der Waals surface area contributed by atoms with Gasteiger partial charge in [0.05, 0.1) is 5.69 Å². The molecule has 0 radical (unpaired) electrons. The van der Waals surface area contributed by atoms with Crippen molar-refractivity contribution in [3.8, 4) is 0 Å². The zero-order valence-corrected chi connectivity index (χ0v) is 10.3. The van der Waals surface area contributed by atoms with Gasteiger partial charge in [0, 0.05) is 15.7 Å². The number of carbonyl (C=O) groups is 1. The molecule has 0 aliphatic heterocycles. The topological polar surface area (TPSA) is 41.1 Å². The van der Waals surface area contributed by atoms with Crippen molar-refractivity contribution in [3.05, 3.63) is 27.3 Å². The largest absolute Gasteiger partial charge is 0.335 e. The molecule has 2 rings (SSSR count). The van der Waals surface area contributed by atoms with E-state index in [0.29, 0.717) is 3.57 Å². The molecule has 1 aromatic rings. The zero-order valence-electron chi connectivity index (χ0n) is 8.19. The van der Waals surface area contributed by atoms with Crippen LogP contribution in [0.1, 0.15) is 12.8 Å². The fourth-order valence-electron chi connectivity index (χ4n) is 1.19. The van der Waals surface area contributed by atoms with E-state index in [1.54, 1.807) is 0 Å². The SMILES string of the molecule is O=C(Nc1cc(F)c(F)cc1I)NC1CC1. The smallest absolute Gasteiger partial charge is 0.319 e. The zero-order chi connectivity index (χ0) is 11.7. The van der Waals surface area contributed by atoms with Crippen LogP contribution >= 0.6 is 22.6 Å². The average Bonchev–Trinajstić information content (AvgIpc) is 2.98. The Hall–Kier alpha value is -0.920. The Morgan fingerprint density at radius 1 is 1.31 bits per heavy atom. The molecule has 0 heterocycles. The average molecular weight is 338 g/mol. The fourth-order valence-corrected chi connectivity index (χ4v) is 1.75. The molecule has 16 heavy (non-hydrogen) atoms. The van der Waals surface area contributed by atoms with E-state index in [9.17, 15) is 13.6 Å². The van der Waals surface area contributed by atoms with Crippen LogP contribution in [0.3, 0.4) is 0 Å². The third-order valence-electron chi connectivity index (χ3n) is 2.17. The lowest BCUT2D eigenvalue weighted by Crippen LogP contribution is -2.30. The number of anilines is 1. The normalized spacial score (nSPS) is 14.7. The second kappa shape index (κ2) is 4.52. The van der Waals surface area contributed by atoms with Crippen LogP contribution in [0.5, 0.6) is 0 Å². The van der Waals surface area contributed by atoms with Crippen molar-refractivity contribution in [1.82, 2.24) is 5.32 Å². The molecule has 0 bridgehead atoms. The molecule has 0 saturated heterocycles. The first-order valence-corrected chi connectivity index (χ1v) is 5.86. The maximum atomic E-state index is 12.9. The Morgan fingerprint density at radius 3 is 2.56 bits per heavy atom. The van der Waals surface area contributed by atoms with Gasteiger partial charge in [0.15, 0.2) is 11.6 Å². The summed E-state index contributed by atoms with van der Waals surface area (Å²) in [7, 11) is 0. The summed E-state index contributed by atoms with van der Waals surface area (Å²) >= 11 is 1.84. The summed E-state index contributed by atoms with van der Waals surface area (Å²) in [6, 6.07) is 1.86. The lowest BCUT2D eigenvalue weighted by molar-refractivity contribution is 0.251. The molecular formula is C10H9F2IN2O. The standard InChI is InChI=1S/C10H9F2IN2O/c11-6-3-8(13)9(4-7(6)12)15-10(16)14-5-1-2-5/h3-5H,1-2H2,(H2,14,15,16). The summed E-state index contributed by atoms with van der Waals surface area (Å²) in [4.78, 5) is 11.4. The number of halogens is 3. The Morgan fingerprint density at radius 2 is 1.94 bits per heavy atom. The molecule has 2 amide bonds. The summed E-state index contributed by atoms with van der Waals surface area (Å²) in [5.74, 6) is -1.89. The van der Waals surface area contributed by atoms with Crippen molar-refractivity contribution in [2.75, 3.05) is 5.32 Å². The lowest BCUT2D eigenvalue weighted by atomic mass is 10.3. The summed E-state index contributed by atoms with van der Waals surface area (Å²) in [6.07, 6.45) is 1.95. The van der Waals surface area contributed by atoms with Crippen molar-refractivity contribution in [3.63, 3.8) is 0 Å². The first-order valence-electron chi connectivity index (χ1n) is 4.78. The predicted molar refractivity (Wildman–Crippen MR) is 64.3 cm³/mol. The Kier molecular flexibility index (Phi) is 3.27. The molecule has 3 nitrogen and oxygen atoms in total. The number of rotatable bonds is 2. The molecule has 1 saturated carbocycles. The minimum Gasteiger partial charge on any atom is -0.335 e. The molecule has 0 atom stereocenters. The second-order valence-electron chi connectivity index (χ2n) is 3.62. The highest BCUT2D eigenvalue weighted by Crippen LogP contribution is 2.22. The van der Waals surface area contributed by atoms with Crippen LogP contribution in [0.4, 0.5) is 19.3 Å². The van der Waals surface area contributed by atoms with Crippen molar-refractivity contribution >= 4 is 34.3 Å². The molecule has 1 aromatic carbocycles. The number of hydrogen-bond acceptors (Lipinski definition) is 1. The predicted octanol–water partition coefficient (Wildman–Crippen LogP) is 2.85. The van der Waals surface area contributed by atoms with Crippen molar-refractivity contribution in [2.45, 2.75) is 18.9 Å². The maximum absolute atomic E-state index is 12.9. The summed E-state index contributed by atoms with van der Waals surface area (Å²) in [6.45, 7) is 0. The molecule has 1 fully saturated rings. The highest BCUT2D eigenvalue weighted by molar-refractivity contribution is 14.1. The van der Waals surface area contributed by atoms with Gasteiger partial charge in [-0.05, 0) is 41.5 Å². The first-order chi connectivity index (χ1) is 7.56. The second-order valence-corrected chi connectivity index (χ2v) is 4.78. The summed E-state index contributed by atoms with van der Waals surface area (Å²) < 4.78 is 26.2. The van der Waals surface area contributed by atoms with Crippen molar-refractivity contribution in [1.29, 1.82) is 0 Å². The Labute approximate surface area is 105 Å². The van der Waals surface area contributed by atoms with E-state index >= 15 is 0 Å². The van der Waals surface area contributed by atoms with Gasteiger partial charge >= 0.3 is 6.03 Å². The van der Waals surface area contributed by atoms with Crippen LogP contribution in [-0.2, 0) is 0 Å². The Bertz CT molecular complexity index is 435. The fraction of sp³-hybridized carbons (Fsp3) is 0.300. The van der Waals surface area contributed by atoms with Crippen LogP contribution in [0.25, 0.3) is 0 Å². The van der Waals surface area contributed by atoms with Crippen molar-refractivity contribution in [2.24, 2.45) is 0 Å². The van der Waals surface area contributed by atoms with E-state index in [4.69, 9.17) is 0 Å². The highest BCUT2D eigenvalue weighted by Gasteiger charge is 2.23. The van der Waals surface area contributed by atoms with E-state index in [0.717, 1.165) is 25.0 Å². The van der Waals surface area contributed by atoms with Gasteiger partial charge in [-0.3, -0.25) is 0 Å². The van der Waals surface area contributed by atoms with E-state index in [1.807, 2.05) is 22.6 Å². The minimum absolute atomic E-state index is 0.225. The van der Waals surface area contributed by atoms with Gasteiger partial charge in [-0.1, -0.05) is 0 Å². The molecular weight excluding hydrogens is 329 g/mol. The van der Waals surface area contributed by atoms with Gasteiger partial charge in [-0.25, -0.2) is 13.6 Å². The van der Waals surface area contributed by atoms with Crippen LogP contribution in [-0.4, -0.2) is 12.1 Å². The molecule has 0 aromatic heterocycles. The highest BCUT2D eigenvalue weighted by atomic mass is 127. The van der Waals surface area contributed by atoms with E-state index in [2.05, 4.69) is 10.6 Å². The Balaban J connectivity index is 2.07. The van der Waals surface area contributed by atoms with Crippen LogP contribution in [0.2, 0.25) is 0 Å². The van der Waals surface area contributed by atoms with E-state index in [-0.39, 0.29) is 17.8 Å². The van der Waals surface area contributed by atoms with Crippen molar-refractivity contribution < 1.29 is 13.6 Å². The van der Waals surface area contributed by atoms with E-state index < -0.39 is 11.6 Å². The number of amides is 2. The molecule has 0 spiro atoms. The number of hydrogen-bond donors (Lipinski definition) is 2. The molecule has 0 unspecified atom stereocenters. The van der Waals surface area contributed by atoms with Gasteiger partial charge in [-0.2, -0.15) is 0 Å². The van der Waals surface area contributed by atoms with Crippen LogP contribution in [0, 0.1) is 15.2 Å². The van der Waals surface area contributed by atoms with Gasteiger partial charge < -0.3 is 10.6 Å². The van der Waals surface area contributed by atoms with Gasteiger partial charge in [0.2, 0.25) is 0 Å². The van der Waals surface area contributed by atoms with Gasteiger partial charge in [-0.15, -0.1) is 0 Å². The molecule has 6 heteroatoms. The number of nitrogens with one attached hydrogen (secondary N) is 2.